The third-order valence-corrected chi connectivity index (χ3v) is 3.20. The van der Waals surface area contributed by atoms with E-state index in [2.05, 4.69) is 37.4 Å². The van der Waals surface area contributed by atoms with Crippen molar-refractivity contribution in [3.05, 3.63) is 47.7 Å². The van der Waals surface area contributed by atoms with E-state index in [1.54, 1.807) is 0 Å². The number of aryl methyl sites for hydroxylation is 1. The maximum Gasteiger partial charge on any atom is 0.119 e. The number of benzene rings is 1. The van der Waals surface area contributed by atoms with E-state index in [-0.39, 0.29) is 0 Å². The molecule has 0 radical (unpaired) electrons. The van der Waals surface area contributed by atoms with Gasteiger partial charge >= 0.3 is 0 Å². The highest BCUT2D eigenvalue weighted by atomic mass is 16.5. The Bertz CT molecular complexity index is 567. The van der Waals surface area contributed by atoms with Crippen LogP contribution < -0.4 is 10.1 Å². The Balaban J connectivity index is 2.24. The second-order valence-electron chi connectivity index (χ2n) is 4.68. The zero-order chi connectivity index (χ0) is 14.4. The van der Waals surface area contributed by atoms with Crippen molar-refractivity contribution in [1.82, 2.24) is 10.3 Å². The molecule has 0 spiro atoms. The van der Waals surface area contributed by atoms with E-state index >= 15 is 0 Å². The largest absolute Gasteiger partial charge is 0.494 e. The Labute approximate surface area is 121 Å². The normalized spacial score (nSPS) is 10.6. The summed E-state index contributed by atoms with van der Waals surface area (Å²) in [5.74, 6) is 0.890. The maximum atomic E-state index is 5.54. The first-order chi connectivity index (χ1) is 9.74. The third kappa shape index (κ3) is 3.58. The number of rotatable bonds is 6. The summed E-state index contributed by atoms with van der Waals surface area (Å²) in [7, 11) is 0. The summed E-state index contributed by atoms with van der Waals surface area (Å²) in [6.45, 7) is 8.67. The monoisotopic (exact) mass is 270 g/mol. The summed E-state index contributed by atoms with van der Waals surface area (Å²) in [4.78, 5) is 4.70. The number of hydrogen-bond donors (Lipinski definition) is 1. The van der Waals surface area contributed by atoms with Gasteiger partial charge in [0.2, 0.25) is 0 Å². The molecule has 1 aromatic heterocycles. The average molecular weight is 270 g/mol. The second-order valence-corrected chi connectivity index (χ2v) is 4.68. The van der Waals surface area contributed by atoms with Gasteiger partial charge in [-0.25, -0.2) is 0 Å². The van der Waals surface area contributed by atoms with Crippen LogP contribution in [-0.2, 0) is 6.54 Å². The molecule has 0 aliphatic heterocycles. The lowest BCUT2D eigenvalue weighted by Crippen LogP contribution is -2.13. The van der Waals surface area contributed by atoms with Gasteiger partial charge in [-0.1, -0.05) is 25.1 Å². The molecule has 0 aliphatic carbocycles. The molecule has 2 aromatic rings. The van der Waals surface area contributed by atoms with Crippen molar-refractivity contribution in [3.8, 4) is 17.0 Å². The minimum Gasteiger partial charge on any atom is -0.494 e. The predicted octanol–water partition coefficient (Wildman–Crippen LogP) is 3.57. The Morgan fingerprint density at radius 3 is 2.70 bits per heavy atom. The molecular weight excluding hydrogens is 248 g/mol. The van der Waals surface area contributed by atoms with Crippen LogP contribution in [0.2, 0.25) is 0 Å². The van der Waals surface area contributed by atoms with Gasteiger partial charge in [-0.2, -0.15) is 0 Å². The molecule has 0 fully saturated rings. The summed E-state index contributed by atoms with van der Waals surface area (Å²) < 4.78 is 5.54. The molecule has 0 amide bonds. The molecule has 20 heavy (non-hydrogen) atoms. The first kappa shape index (κ1) is 14.5. The topological polar surface area (TPSA) is 34.1 Å². The first-order valence-electron chi connectivity index (χ1n) is 7.15. The third-order valence-electron chi connectivity index (χ3n) is 3.20. The van der Waals surface area contributed by atoms with Crippen molar-refractivity contribution in [1.29, 1.82) is 0 Å². The quantitative estimate of drug-likeness (QED) is 0.871. The molecule has 1 heterocycles. The van der Waals surface area contributed by atoms with Crippen LogP contribution in [0.3, 0.4) is 0 Å². The molecule has 0 saturated carbocycles. The molecular formula is C17H22N2O. The van der Waals surface area contributed by atoms with E-state index in [4.69, 9.17) is 9.72 Å². The predicted molar refractivity (Wildman–Crippen MR) is 83.0 cm³/mol. The smallest absolute Gasteiger partial charge is 0.119 e. The standard InChI is InChI=1S/C17H22N2O/c1-4-18-12-15-9-10-17(19-13(15)3)14-7-6-8-16(11-14)20-5-2/h6-11,18H,4-5,12H2,1-3H3. The van der Waals surface area contributed by atoms with Crippen molar-refractivity contribution in [3.63, 3.8) is 0 Å². The van der Waals surface area contributed by atoms with Gasteiger partial charge in [0.25, 0.3) is 0 Å². The summed E-state index contributed by atoms with van der Waals surface area (Å²) >= 11 is 0. The van der Waals surface area contributed by atoms with E-state index < -0.39 is 0 Å². The van der Waals surface area contributed by atoms with E-state index in [1.807, 2.05) is 25.1 Å². The summed E-state index contributed by atoms with van der Waals surface area (Å²) in [5, 5.41) is 3.33. The molecule has 0 aliphatic rings. The zero-order valence-corrected chi connectivity index (χ0v) is 12.4. The minimum absolute atomic E-state index is 0.678. The number of hydrogen-bond acceptors (Lipinski definition) is 3. The molecule has 1 aromatic carbocycles. The number of nitrogens with one attached hydrogen (secondary N) is 1. The Morgan fingerprint density at radius 1 is 1.15 bits per heavy atom. The highest BCUT2D eigenvalue weighted by Crippen LogP contribution is 2.23. The van der Waals surface area contributed by atoms with Crippen LogP contribution in [0.25, 0.3) is 11.3 Å². The average Bonchev–Trinajstić information content (AvgIpc) is 2.46. The molecule has 3 nitrogen and oxygen atoms in total. The molecule has 1 N–H and O–H groups in total. The van der Waals surface area contributed by atoms with Crippen molar-refractivity contribution in [2.45, 2.75) is 27.3 Å². The molecule has 0 unspecified atom stereocenters. The van der Waals surface area contributed by atoms with Gasteiger partial charge in [0, 0.05) is 17.8 Å². The molecule has 0 atom stereocenters. The van der Waals surface area contributed by atoms with Crippen LogP contribution in [-0.4, -0.2) is 18.1 Å². The number of nitrogens with zero attached hydrogens (tertiary/aromatic N) is 1. The van der Waals surface area contributed by atoms with Crippen LogP contribution in [0.5, 0.6) is 5.75 Å². The lowest BCUT2D eigenvalue weighted by molar-refractivity contribution is 0.340. The number of aromatic nitrogens is 1. The van der Waals surface area contributed by atoms with Crippen LogP contribution >= 0.6 is 0 Å². The Kier molecular flexibility index (Phi) is 5.13. The van der Waals surface area contributed by atoms with Crippen LogP contribution in [0.15, 0.2) is 36.4 Å². The highest BCUT2D eigenvalue weighted by molar-refractivity contribution is 5.61. The number of pyridine rings is 1. The highest BCUT2D eigenvalue weighted by Gasteiger charge is 2.05. The van der Waals surface area contributed by atoms with E-state index in [0.29, 0.717) is 6.61 Å². The summed E-state index contributed by atoms with van der Waals surface area (Å²) in [6.07, 6.45) is 0. The SMILES string of the molecule is CCNCc1ccc(-c2cccc(OCC)c2)nc1C. The van der Waals surface area contributed by atoms with E-state index in [0.717, 1.165) is 35.8 Å². The molecule has 106 valence electrons. The van der Waals surface area contributed by atoms with Crippen molar-refractivity contribution in [2.24, 2.45) is 0 Å². The van der Waals surface area contributed by atoms with Crippen molar-refractivity contribution >= 4 is 0 Å². The lowest BCUT2D eigenvalue weighted by Gasteiger charge is -2.09. The van der Waals surface area contributed by atoms with Gasteiger partial charge in [0.1, 0.15) is 5.75 Å². The first-order valence-corrected chi connectivity index (χ1v) is 7.15. The van der Waals surface area contributed by atoms with Gasteiger partial charge in [-0.05, 0) is 44.2 Å². The van der Waals surface area contributed by atoms with Gasteiger partial charge in [-0.3, -0.25) is 4.98 Å². The van der Waals surface area contributed by atoms with Gasteiger partial charge in [0.05, 0.1) is 12.3 Å². The Morgan fingerprint density at radius 2 is 2.00 bits per heavy atom. The Hall–Kier alpha value is -1.87. The fourth-order valence-corrected chi connectivity index (χ4v) is 2.11. The fraction of sp³-hybridized carbons (Fsp3) is 0.353. The van der Waals surface area contributed by atoms with E-state index in [1.165, 1.54) is 5.56 Å². The summed E-state index contributed by atoms with van der Waals surface area (Å²) in [5.41, 5.74) is 4.40. The van der Waals surface area contributed by atoms with Crippen LogP contribution in [0.1, 0.15) is 25.1 Å². The lowest BCUT2D eigenvalue weighted by atomic mass is 10.1. The van der Waals surface area contributed by atoms with Crippen molar-refractivity contribution in [2.75, 3.05) is 13.2 Å². The fourth-order valence-electron chi connectivity index (χ4n) is 2.11. The van der Waals surface area contributed by atoms with Crippen LogP contribution in [0.4, 0.5) is 0 Å². The molecule has 0 bridgehead atoms. The maximum absolute atomic E-state index is 5.54. The summed E-state index contributed by atoms with van der Waals surface area (Å²) in [6, 6.07) is 12.3. The number of ether oxygens (including phenoxy) is 1. The van der Waals surface area contributed by atoms with E-state index in [9.17, 15) is 0 Å². The molecule has 2 rings (SSSR count). The molecule has 0 saturated heterocycles. The molecule has 3 heteroatoms. The van der Waals surface area contributed by atoms with Gasteiger partial charge < -0.3 is 10.1 Å². The van der Waals surface area contributed by atoms with Crippen molar-refractivity contribution < 1.29 is 4.74 Å². The second kappa shape index (κ2) is 7.06. The minimum atomic E-state index is 0.678. The zero-order valence-electron chi connectivity index (χ0n) is 12.4. The van der Waals surface area contributed by atoms with Gasteiger partial charge in [-0.15, -0.1) is 0 Å². The van der Waals surface area contributed by atoms with Gasteiger partial charge in [0.15, 0.2) is 0 Å². The van der Waals surface area contributed by atoms with Crippen LogP contribution in [0, 0.1) is 6.92 Å².